The molecule has 1 N–H and O–H groups in total. The zero-order chi connectivity index (χ0) is 10.1. The molecule has 2 heterocycles. The van der Waals surface area contributed by atoms with Crippen LogP contribution in [0.3, 0.4) is 0 Å². The molecule has 1 saturated heterocycles. The molecule has 0 aromatic carbocycles. The fourth-order valence-corrected chi connectivity index (χ4v) is 2.28. The topological polar surface area (TPSA) is 29.9 Å². The van der Waals surface area contributed by atoms with Gasteiger partial charge in [0.2, 0.25) is 0 Å². The first-order valence-corrected chi connectivity index (χ1v) is 5.45. The van der Waals surface area contributed by atoms with Crippen molar-refractivity contribution in [3.8, 4) is 0 Å². The maximum absolute atomic E-state index is 4.45. The average molecular weight is 193 g/mol. The van der Waals surface area contributed by atoms with Gasteiger partial charge in [-0.2, -0.15) is 5.10 Å². The molecule has 1 atom stereocenters. The second-order valence-electron chi connectivity index (χ2n) is 4.41. The van der Waals surface area contributed by atoms with E-state index in [1.54, 1.807) is 0 Å². The van der Waals surface area contributed by atoms with Crippen molar-refractivity contribution in [1.82, 2.24) is 15.1 Å². The Bertz CT molecular complexity index is 308. The van der Waals surface area contributed by atoms with Crippen LogP contribution in [0.4, 0.5) is 0 Å². The Balaban J connectivity index is 2.26. The summed E-state index contributed by atoms with van der Waals surface area (Å²) >= 11 is 0. The molecule has 14 heavy (non-hydrogen) atoms. The first-order chi connectivity index (χ1) is 6.70. The SMILES string of the molecule is Cc1c(C2CCNC2)cnn1C(C)C. The molecule has 1 aromatic heterocycles. The third-order valence-electron chi connectivity index (χ3n) is 3.07. The second kappa shape index (κ2) is 3.73. The molecule has 3 nitrogen and oxygen atoms in total. The van der Waals surface area contributed by atoms with Gasteiger partial charge in [-0.3, -0.25) is 4.68 Å². The minimum atomic E-state index is 0.470. The Hall–Kier alpha value is -0.830. The highest BCUT2D eigenvalue weighted by Gasteiger charge is 2.21. The van der Waals surface area contributed by atoms with E-state index in [0.717, 1.165) is 13.1 Å². The molecule has 0 saturated carbocycles. The second-order valence-corrected chi connectivity index (χ2v) is 4.41. The summed E-state index contributed by atoms with van der Waals surface area (Å²) in [5.74, 6) is 0.683. The smallest absolute Gasteiger partial charge is 0.0528 e. The Kier molecular flexibility index (Phi) is 2.59. The van der Waals surface area contributed by atoms with E-state index in [9.17, 15) is 0 Å². The molecule has 0 spiro atoms. The monoisotopic (exact) mass is 193 g/mol. The standard InChI is InChI=1S/C11H19N3/c1-8(2)14-9(3)11(7-13-14)10-4-5-12-6-10/h7-8,10,12H,4-6H2,1-3H3. The third-order valence-corrected chi connectivity index (χ3v) is 3.07. The number of rotatable bonds is 2. The highest BCUT2D eigenvalue weighted by Crippen LogP contribution is 2.26. The summed E-state index contributed by atoms with van der Waals surface area (Å²) < 4.78 is 2.12. The van der Waals surface area contributed by atoms with Crippen LogP contribution in [-0.4, -0.2) is 22.9 Å². The van der Waals surface area contributed by atoms with Gasteiger partial charge in [-0.25, -0.2) is 0 Å². The van der Waals surface area contributed by atoms with E-state index in [-0.39, 0.29) is 0 Å². The van der Waals surface area contributed by atoms with Crippen molar-refractivity contribution < 1.29 is 0 Å². The van der Waals surface area contributed by atoms with E-state index >= 15 is 0 Å². The van der Waals surface area contributed by atoms with Crippen LogP contribution in [0.25, 0.3) is 0 Å². The minimum Gasteiger partial charge on any atom is -0.316 e. The van der Waals surface area contributed by atoms with Gasteiger partial charge in [0.25, 0.3) is 0 Å². The minimum absolute atomic E-state index is 0.470. The van der Waals surface area contributed by atoms with Gasteiger partial charge in [0.15, 0.2) is 0 Å². The lowest BCUT2D eigenvalue weighted by Crippen LogP contribution is -2.09. The van der Waals surface area contributed by atoms with Gasteiger partial charge in [0.05, 0.1) is 6.20 Å². The van der Waals surface area contributed by atoms with E-state index in [4.69, 9.17) is 0 Å². The van der Waals surface area contributed by atoms with Crippen molar-refractivity contribution >= 4 is 0 Å². The lowest BCUT2D eigenvalue weighted by Gasteiger charge is -2.11. The number of aromatic nitrogens is 2. The quantitative estimate of drug-likeness (QED) is 0.777. The molecule has 1 aliphatic rings. The first kappa shape index (κ1) is 9.71. The van der Waals surface area contributed by atoms with Crippen LogP contribution in [0.15, 0.2) is 6.20 Å². The molecule has 2 rings (SSSR count). The van der Waals surface area contributed by atoms with Crippen LogP contribution < -0.4 is 5.32 Å². The van der Waals surface area contributed by atoms with Crippen LogP contribution >= 0.6 is 0 Å². The highest BCUT2D eigenvalue weighted by atomic mass is 15.3. The summed E-state index contributed by atoms with van der Waals surface area (Å²) in [6, 6.07) is 0.470. The Labute approximate surface area is 85.5 Å². The Morgan fingerprint density at radius 3 is 2.86 bits per heavy atom. The van der Waals surface area contributed by atoms with E-state index < -0.39 is 0 Å². The van der Waals surface area contributed by atoms with Gasteiger partial charge in [-0.15, -0.1) is 0 Å². The molecule has 3 heteroatoms. The van der Waals surface area contributed by atoms with Crippen LogP contribution in [0.1, 0.15) is 43.5 Å². The van der Waals surface area contributed by atoms with Crippen LogP contribution in [0, 0.1) is 6.92 Å². The first-order valence-electron chi connectivity index (χ1n) is 5.45. The zero-order valence-corrected chi connectivity index (χ0v) is 9.25. The van der Waals surface area contributed by atoms with E-state index in [0.29, 0.717) is 12.0 Å². The zero-order valence-electron chi connectivity index (χ0n) is 9.25. The summed E-state index contributed by atoms with van der Waals surface area (Å²) in [6.07, 6.45) is 3.30. The largest absolute Gasteiger partial charge is 0.316 e. The van der Waals surface area contributed by atoms with Crippen molar-refractivity contribution in [2.75, 3.05) is 13.1 Å². The molecule has 78 valence electrons. The van der Waals surface area contributed by atoms with Crippen molar-refractivity contribution in [3.63, 3.8) is 0 Å². The molecule has 1 unspecified atom stereocenters. The molecule has 1 fully saturated rings. The number of nitrogens with zero attached hydrogens (tertiary/aromatic N) is 2. The number of hydrogen-bond donors (Lipinski definition) is 1. The lowest BCUT2D eigenvalue weighted by atomic mass is 9.99. The van der Waals surface area contributed by atoms with Gasteiger partial charge in [-0.05, 0) is 39.3 Å². The molecule has 1 aliphatic heterocycles. The van der Waals surface area contributed by atoms with Crippen molar-refractivity contribution in [2.45, 2.75) is 39.2 Å². The summed E-state index contributed by atoms with van der Waals surface area (Å²) in [7, 11) is 0. The predicted molar refractivity (Wildman–Crippen MR) is 57.6 cm³/mol. The summed E-state index contributed by atoms with van der Waals surface area (Å²) in [5, 5.41) is 7.85. The molecule has 0 aliphatic carbocycles. The average Bonchev–Trinajstić information content (AvgIpc) is 2.71. The Morgan fingerprint density at radius 2 is 2.36 bits per heavy atom. The molecular formula is C11H19N3. The van der Waals surface area contributed by atoms with Crippen LogP contribution in [0.5, 0.6) is 0 Å². The third kappa shape index (κ3) is 1.57. The fraction of sp³-hybridized carbons (Fsp3) is 0.727. The summed E-state index contributed by atoms with van der Waals surface area (Å²) in [5.41, 5.74) is 2.78. The van der Waals surface area contributed by atoms with Gasteiger partial charge in [0.1, 0.15) is 0 Å². The lowest BCUT2D eigenvalue weighted by molar-refractivity contribution is 0.517. The Morgan fingerprint density at radius 1 is 1.57 bits per heavy atom. The molecule has 0 amide bonds. The highest BCUT2D eigenvalue weighted by molar-refractivity contribution is 5.23. The van der Waals surface area contributed by atoms with Gasteiger partial charge < -0.3 is 5.32 Å². The summed E-state index contributed by atoms with van der Waals surface area (Å²) in [6.45, 7) is 8.80. The maximum Gasteiger partial charge on any atom is 0.0528 e. The summed E-state index contributed by atoms with van der Waals surface area (Å²) in [4.78, 5) is 0. The molecule has 0 bridgehead atoms. The molecule has 0 radical (unpaired) electrons. The van der Waals surface area contributed by atoms with Crippen LogP contribution in [0.2, 0.25) is 0 Å². The van der Waals surface area contributed by atoms with E-state index in [1.165, 1.54) is 17.7 Å². The fourth-order valence-electron chi connectivity index (χ4n) is 2.28. The van der Waals surface area contributed by atoms with Crippen LogP contribution in [-0.2, 0) is 0 Å². The van der Waals surface area contributed by atoms with Gasteiger partial charge in [-0.1, -0.05) is 0 Å². The molecule has 1 aromatic rings. The number of nitrogens with one attached hydrogen (secondary N) is 1. The predicted octanol–water partition coefficient (Wildman–Crippen LogP) is 1.85. The van der Waals surface area contributed by atoms with Crippen molar-refractivity contribution in [1.29, 1.82) is 0 Å². The van der Waals surface area contributed by atoms with E-state index in [1.807, 2.05) is 6.20 Å². The van der Waals surface area contributed by atoms with E-state index in [2.05, 4.69) is 35.9 Å². The van der Waals surface area contributed by atoms with Crippen molar-refractivity contribution in [3.05, 3.63) is 17.5 Å². The van der Waals surface area contributed by atoms with Gasteiger partial charge >= 0.3 is 0 Å². The van der Waals surface area contributed by atoms with Gasteiger partial charge in [0, 0.05) is 24.2 Å². The number of hydrogen-bond acceptors (Lipinski definition) is 2. The molecular weight excluding hydrogens is 174 g/mol. The normalized spacial score (nSPS) is 22.1. The van der Waals surface area contributed by atoms with Crippen molar-refractivity contribution in [2.24, 2.45) is 0 Å². The maximum atomic E-state index is 4.45.